The van der Waals surface area contributed by atoms with Crippen LogP contribution in [-0.2, 0) is 17.5 Å². The Bertz CT molecular complexity index is 924. The van der Waals surface area contributed by atoms with Crippen LogP contribution in [0.4, 0.5) is 23.2 Å². The van der Waals surface area contributed by atoms with Gasteiger partial charge in [0.25, 0.3) is 0 Å². The van der Waals surface area contributed by atoms with E-state index in [2.05, 4.69) is 4.99 Å². The fraction of sp³-hybridized carbons (Fsp3) is 0.333. The lowest BCUT2D eigenvalue weighted by Gasteiger charge is -2.13. The predicted molar refractivity (Wildman–Crippen MR) is 103 cm³/mol. The van der Waals surface area contributed by atoms with E-state index in [1.54, 1.807) is 32.3 Å². The zero-order valence-electron chi connectivity index (χ0n) is 16.6. The molecular weight excluding hydrogens is 388 g/mol. The molecule has 0 amide bonds. The van der Waals surface area contributed by atoms with Crippen molar-refractivity contribution in [2.45, 2.75) is 33.6 Å². The number of ether oxygens (including phenoxy) is 1. The van der Waals surface area contributed by atoms with Crippen LogP contribution in [-0.4, -0.2) is 30.8 Å². The Kier molecular flexibility index (Phi) is 7.00. The predicted octanol–water partition coefficient (Wildman–Crippen LogP) is 5.43. The number of alkyl halides is 3. The van der Waals surface area contributed by atoms with Crippen molar-refractivity contribution in [2.24, 2.45) is 4.99 Å². The SMILES string of the molecule is CCN(C)/C=N/c1cc(C)c(C(=O)OCc2cc(C(F)(F)F)ccc2F)cc1C. The normalized spacial score (nSPS) is 11.7. The third-order valence-electron chi connectivity index (χ3n) is 4.39. The molecule has 0 aromatic heterocycles. The van der Waals surface area contributed by atoms with Crippen molar-refractivity contribution < 1.29 is 27.1 Å². The van der Waals surface area contributed by atoms with Crippen LogP contribution >= 0.6 is 0 Å². The highest BCUT2D eigenvalue weighted by molar-refractivity contribution is 5.92. The quantitative estimate of drug-likeness (QED) is 0.276. The number of benzene rings is 2. The summed E-state index contributed by atoms with van der Waals surface area (Å²) in [4.78, 5) is 18.7. The number of hydrogen-bond donors (Lipinski definition) is 0. The monoisotopic (exact) mass is 410 g/mol. The largest absolute Gasteiger partial charge is 0.457 e. The van der Waals surface area contributed by atoms with E-state index in [4.69, 9.17) is 4.74 Å². The molecule has 156 valence electrons. The molecule has 0 unspecified atom stereocenters. The number of aliphatic imine (C=N–C) groups is 1. The van der Waals surface area contributed by atoms with E-state index in [0.29, 0.717) is 29.4 Å². The molecule has 4 nitrogen and oxygen atoms in total. The molecule has 0 aliphatic heterocycles. The molecule has 2 rings (SSSR count). The molecule has 0 aliphatic carbocycles. The Morgan fingerprint density at radius 1 is 1.17 bits per heavy atom. The van der Waals surface area contributed by atoms with Gasteiger partial charge in [-0.25, -0.2) is 14.2 Å². The van der Waals surface area contributed by atoms with Crippen molar-refractivity contribution in [1.29, 1.82) is 0 Å². The second-order valence-corrected chi connectivity index (χ2v) is 6.65. The molecule has 0 N–H and O–H groups in total. The standard InChI is InChI=1S/C21H22F4N2O2/c1-5-27(4)12-26-19-9-13(2)17(8-14(19)3)20(28)29-11-15-10-16(21(23,24)25)6-7-18(15)22/h6-10,12H,5,11H2,1-4H3/b26-12+. The van der Waals surface area contributed by atoms with E-state index in [0.717, 1.165) is 12.1 Å². The second-order valence-electron chi connectivity index (χ2n) is 6.65. The van der Waals surface area contributed by atoms with Crippen LogP contribution in [0.3, 0.4) is 0 Å². The van der Waals surface area contributed by atoms with Gasteiger partial charge in [-0.3, -0.25) is 0 Å². The van der Waals surface area contributed by atoms with E-state index >= 15 is 0 Å². The summed E-state index contributed by atoms with van der Waals surface area (Å²) >= 11 is 0. The van der Waals surface area contributed by atoms with Gasteiger partial charge >= 0.3 is 12.1 Å². The van der Waals surface area contributed by atoms with Crippen LogP contribution in [0.25, 0.3) is 0 Å². The zero-order valence-corrected chi connectivity index (χ0v) is 16.6. The minimum atomic E-state index is -4.61. The van der Waals surface area contributed by atoms with Gasteiger partial charge in [-0.2, -0.15) is 13.2 Å². The van der Waals surface area contributed by atoms with E-state index in [1.807, 2.05) is 18.9 Å². The third-order valence-corrected chi connectivity index (χ3v) is 4.39. The van der Waals surface area contributed by atoms with Crippen LogP contribution in [0.15, 0.2) is 35.3 Å². The zero-order chi connectivity index (χ0) is 21.8. The maximum absolute atomic E-state index is 13.8. The summed E-state index contributed by atoms with van der Waals surface area (Å²) in [7, 11) is 1.88. The van der Waals surface area contributed by atoms with Gasteiger partial charge in [-0.1, -0.05) is 0 Å². The topological polar surface area (TPSA) is 41.9 Å². The summed E-state index contributed by atoms with van der Waals surface area (Å²) < 4.78 is 57.2. The Morgan fingerprint density at radius 3 is 2.48 bits per heavy atom. The summed E-state index contributed by atoms with van der Waals surface area (Å²) in [5.74, 6) is -1.62. The molecule has 0 heterocycles. The summed E-state index contributed by atoms with van der Waals surface area (Å²) in [6.45, 7) is 5.65. The minimum absolute atomic E-state index is 0.248. The molecule has 0 saturated heterocycles. The Hall–Kier alpha value is -2.90. The van der Waals surface area contributed by atoms with E-state index in [1.165, 1.54) is 0 Å². The molecule has 0 bridgehead atoms. The summed E-state index contributed by atoms with van der Waals surface area (Å²) in [5.41, 5.74) is 0.911. The summed E-state index contributed by atoms with van der Waals surface area (Å²) in [5, 5.41) is 0. The number of esters is 1. The van der Waals surface area contributed by atoms with Crippen molar-refractivity contribution in [3.63, 3.8) is 0 Å². The number of aryl methyl sites for hydroxylation is 2. The fourth-order valence-electron chi connectivity index (χ4n) is 2.49. The van der Waals surface area contributed by atoms with Crippen molar-refractivity contribution in [3.8, 4) is 0 Å². The van der Waals surface area contributed by atoms with Crippen molar-refractivity contribution >= 4 is 18.0 Å². The molecule has 0 radical (unpaired) electrons. The minimum Gasteiger partial charge on any atom is -0.457 e. The van der Waals surface area contributed by atoms with Gasteiger partial charge in [-0.05, 0) is 62.2 Å². The van der Waals surface area contributed by atoms with E-state index < -0.39 is 30.1 Å². The van der Waals surface area contributed by atoms with Crippen LogP contribution in [0.5, 0.6) is 0 Å². The number of carbonyl (C=O) groups is 1. The average molecular weight is 410 g/mol. The van der Waals surface area contributed by atoms with Crippen molar-refractivity contribution in [1.82, 2.24) is 4.90 Å². The third kappa shape index (κ3) is 5.79. The van der Waals surface area contributed by atoms with Crippen LogP contribution in [0, 0.1) is 19.7 Å². The number of carbonyl (C=O) groups excluding carboxylic acids is 1. The molecule has 2 aromatic rings. The second kappa shape index (κ2) is 9.07. The lowest BCUT2D eigenvalue weighted by atomic mass is 10.0. The fourth-order valence-corrected chi connectivity index (χ4v) is 2.49. The first-order valence-electron chi connectivity index (χ1n) is 8.91. The molecule has 0 saturated carbocycles. The first kappa shape index (κ1) is 22.4. The molecule has 0 atom stereocenters. The van der Waals surface area contributed by atoms with Gasteiger partial charge in [0.15, 0.2) is 0 Å². The summed E-state index contributed by atoms with van der Waals surface area (Å²) in [6, 6.07) is 5.31. The van der Waals surface area contributed by atoms with Gasteiger partial charge in [0.2, 0.25) is 0 Å². The number of rotatable bonds is 6. The lowest BCUT2D eigenvalue weighted by molar-refractivity contribution is -0.137. The number of halogens is 4. The van der Waals surface area contributed by atoms with Gasteiger partial charge in [0, 0.05) is 19.2 Å². The van der Waals surface area contributed by atoms with Crippen LogP contribution in [0.1, 0.15) is 39.5 Å². The Balaban J connectivity index is 2.18. The Morgan fingerprint density at radius 2 is 1.86 bits per heavy atom. The van der Waals surface area contributed by atoms with E-state index in [-0.39, 0.29) is 11.1 Å². The van der Waals surface area contributed by atoms with Crippen LogP contribution < -0.4 is 0 Å². The highest BCUT2D eigenvalue weighted by atomic mass is 19.4. The molecule has 0 fully saturated rings. The average Bonchev–Trinajstić information content (AvgIpc) is 2.66. The molecular formula is C21H22F4N2O2. The van der Waals surface area contributed by atoms with Crippen LogP contribution in [0.2, 0.25) is 0 Å². The number of nitrogens with zero attached hydrogens (tertiary/aromatic N) is 2. The maximum Gasteiger partial charge on any atom is 0.416 e. The molecule has 0 aliphatic rings. The summed E-state index contributed by atoms with van der Waals surface area (Å²) in [6.07, 6.45) is -2.93. The molecule has 8 heteroatoms. The van der Waals surface area contributed by atoms with Gasteiger partial charge < -0.3 is 9.64 Å². The first-order chi connectivity index (χ1) is 13.5. The molecule has 2 aromatic carbocycles. The van der Waals surface area contributed by atoms with E-state index in [9.17, 15) is 22.4 Å². The van der Waals surface area contributed by atoms with Gasteiger partial charge in [-0.15, -0.1) is 0 Å². The lowest BCUT2D eigenvalue weighted by Crippen LogP contribution is -2.14. The molecule has 29 heavy (non-hydrogen) atoms. The highest BCUT2D eigenvalue weighted by Gasteiger charge is 2.31. The maximum atomic E-state index is 13.8. The Labute approximate surface area is 166 Å². The van der Waals surface area contributed by atoms with Crippen molar-refractivity contribution in [2.75, 3.05) is 13.6 Å². The molecule has 0 spiro atoms. The smallest absolute Gasteiger partial charge is 0.416 e. The van der Waals surface area contributed by atoms with Gasteiger partial charge in [0.1, 0.15) is 12.4 Å². The van der Waals surface area contributed by atoms with Gasteiger partial charge in [0.05, 0.1) is 23.2 Å². The highest BCUT2D eigenvalue weighted by Crippen LogP contribution is 2.30. The van der Waals surface area contributed by atoms with Crippen molar-refractivity contribution in [3.05, 3.63) is 64.0 Å². The number of hydrogen-bond acceptors (Lipinski definition) is 3. The first-order valence-corrected chi connectivity index (χ1v) is 8.91.